The highest BCUT2D eigenvalue weighted by molar-refractivity contribution is 8.46. The summed E-state index contributed by atoms with van der Waals surface area (Å²) in [4.78, 5) is 0. The van der Waals surface area contributed by atoms with Gasteiger partial charge in [-0.05, 0) is 25.8 Å². The minimum absolute atomic E-state index is 0.569. The summed E-state index contributed by atoms with van der Waals surface area (Å²) in [7, 11) is 0. The second-order valence-corrected chi connectivity index (χ2v) is 8.27. The smallest absolute Gasteiger partial charge is 0.254 e. The van der Waals surface area contributed by atoms with Crippen LogP contribution in [0, 0.1) is 0 Å². The monoisotopic (exact) mass is 281 g/mol. The van der Waals surface area contributed by atoms with Gasteiger partial charge < -0.3 is 10.3 Å². The Kier molecular flexibility index (Phi) is 11.9. The van der Waals surface area contributed by atoms with Crippen LogP contribution < -0.4 is 5.73 Å². The third kappa shape index (κ3) is 12.7. The lowest BCUT2D eigenvalue weighted by Gasteiger charge is -2.12. The Morgan fingerprint density at radius 2 is 1.71 bits per heavy atom. The van der Waals surface area contributed by atoms with Gasteiger partial charge in [0.2, 0.25) is 0 Å². The average molecular weight is 281 g/mol. The minimum atomic E-state index is -2.62. The van der Waals surface area contributed by atoms with E-state index in [1.165, 1.54) is 12.8 Å². The average Bonchev–Trinajstić information content (AvgIpc) is 2.29. The molecular formula is C12H28NO2PS. The molecule has 0 aromatic rings. The summed E-state index contributed by atoms with van der Waals surface area (Å²) in [6, 6.07) is 0. The number of thiol groups is 1. The first-order valence-corrected chi connectivity index (χ1v) is 9.75. The first kappa shape index (κ1) is 17.5. The third-order valence-corrected chi connectivity index (χ3v) is 5.10. The normalized spacial score (nSPS) is 14.8. The van der Waals surface area contributed by atoms with Gasteiger partial charge >= 0.3 is 0 Å². The predicted molar refractivity (Wildman–Crippen MR) is 79.1 cm³/mol. The van der Waals surface area contributed by atoms with Gasteiger partial charge in [0.1, 0.15) is 0 Å². The lowest BCUT2D eigenvalue weighted by atomic mass is 10.2. The Hall–Kier alpha value is 0.500. The minimum Gasteiger partial charge on any atom is -0.330 e. The number of unbranched alkanes of at least 4 members (excludes halogenated alkanes) is 6. The van der Waals surface area contributed by atoms with Crippen LogP contribution >= 0.6 is 18.8 Å². The van der Waals surface area contributed by atoms with Crippen molar-refractivity contribution in [1.82, 2.24) is 0 Å². The van der Waals surface area contributed by atoms with Crippen LogP contribution in [0.2, 0.25) is 0 Å². The van der Waals surface area contributed by atoms with E-state index < -0.39 is 6.57 Å². The molecule has 1 atom stereocenters. The lowest BCUT2D eigenvalue weighted by molar-refractivity contribution is 0.312. The fourth-order valence-corrected chi connectivity index (χ4v) is 3.45. The molecule has 5 heteroatoms. The molecule has 0 fully saturated rings. The van der Waals surface area contributed by atoms with Gasteiger partial charge in [-0.15, -0.1) is 0 Å². The molecule has 0 aliphatic rings. The van der Waals surface area contributed by atoms with Crippen molar-refractivity contribution in [3.63, 3.8) is 0 Å². The van der Waals surface area contributed by atoms with E-state index >= 15 is 0 Å². The number of rotatable bonds is 12. The van der Waals surface area contributed by atoms with Gasteiger partial charge in [0.05, 0.1) is 6.61 Å². The molecule has 0 aromatic heterocycles. The zero-order valence-electron chi connectivity index (χ0n) is 11.1. The number of nitrogens with two attached hydrogens (primary N) is 1. The fourth-order valence-electron chi connectivity index (χ4n) is 1.61. The predicted octanol–water partition coefficient (Wildman–Crippen LogP) is 4.23. The molecule has 17 heavy (non-hydrogen) atoms. The van der Waals surface area contributed by atoms with Crippen LogP contribution in [0.4, 0.5) is 0 Å². The van der Waals surface area contributed by atoms with Crippen molar-refractivity contribution in [2.24, 2.45) is 5.73 Å². The Morgan fingerprint density at radius 1 is 1.06 bits per heavy atom. The molecule has 0 aromatic carbocycles. The molecule has 0 heterocycles. The molecule has 0 amide bonds. The SMILES string of the molecule is CCCCCCP(=O)(S)OCCCCCCN. The van der Waals surface area contributed by atoms with E-state index in [1.54, 1.807) is 0 Å². The van der Waals surface area contributed by atoms with Gasteiger partial charge in [0, 0.05) is 6.16 Å². The van der Waals surface area contributed by atoms with Crippen LogP contribution in [0.3, 0.4) is 0 Å². The highest BCUT2D eigenvalue weighted by atomic mass is 32.7. The Labute approximate surface area is 111 Å². The van der Waals surface area contributed by atoms with E-state index in [0.29, 0.717) is 12.8 Å². The summed E-state index contributed by atoms with van der Waals surface area (Å²) in [5.74, 6) is 0. The molecule has 3 nitrogen and oxygen atoms in total. The highest BCUT2D eigenvalue weighted by Crippen LogP contribution is 2.52. The first-order chi connectivity index (χ1) is 8.12. The first-order valence-electron chi connectivity index (χ1n) is 6.79. The van der Waals surface area contributed by atoms with Crippen LogP contribution in [0.1, 0.15) is 58.3 Å². The highest BCUT2D eigenvalue weighted by Gasteiger charge is 2.15. The van der Waals surface area contributed by atoms with E-state index in [4.69, 9.17) is 10.3 Å². The van der Waals surface area contributed by atoms with Crippen molar-refractivity contribution in [1.29, 1.82) is 0 Å². The third-order valence-electron chi connectivity index (χ3n) is 2.69. The van der Waals surface area contributed by atoms with Crippen molar-refractivity contribution >= 4 is 18.8 Å². The van der Waals surface area contributed by atoms with Crippen molar-refractivity contribution < 1.29 is 9.09 Å². The standard InChI is InChI=1S/C12H28NO2PS/c1-2-3-4-9-12-16(14,17)15-11-8-6-5-7-10-13/h2-13H2,1H3,(H,14,17). The van der Waals surface area contributed by atoms with Gasteiger partial charge in [-0.3, -0.25) is 4.57 Å². The Balaban J connectivity index is 3.40. The Bertz CT molecular complexity index is 215. The van der Waals surface area contributed by atoms with Gasteiger partial charge in [-0.25, -0.2) is 0 Å². The molecule has 2 N–H and O–H groups in total. The summed E-state index contributed by atoms with van der Waals surface area (Å²) in [5, 5.41) is 0. The molecular weight excluding hydrogens is 253 g/mol. The fraction of sp³-hybridized carbons (Fsp3) is 1.00. The quantitative estimate of drug-likeness (QED) is 0.320. The molecule has 0 radical (unpaired) electrons. The molecule has 0 aliphatic carbocycles. The second kappa shape index (κ2) is 11.6. The lowest BCUT2D eigenvalue weighted by Crippen LogP contribution is -1.98. The summed E-state index contributed by atoms with van der Waals surface area (Å²) in [6.07, 6.45) is 9.34. The van der Waals surface area contributed by atoms with Crippen LogP contribution in [0.25, 0.3) is 0 Å². The largest absolute Gasteiger partial charge is 0.330 e. The van der Waals surface area contributed by atoms with Crippen LogP contribution in [-0.4, -0.2) is 19.3 Å². The van der Waals surface area contributed by atoms with E-state index in [1.807, 2.05) is 0 Å². The van der Waals surface area contributed by atoms with Crippen LogP contribution in [-0.2, 0) is 9.09 Å². The van der Waals surface area contributed by atoms with Gasteiger partial charge in [-0.2, -0.15) is 0 Å². The van der Waals surface area contributed by atoms with E-state index in [0.717, 1.165) is 45.1 Å². The van der Waals surface area contributed by atoms with Gasteiger partial charge in [-0.1, -0.05) is 51.3 Å². The van der Waals surface area contributed by atoms with Crippen LogP contribution in [0.15, 0.2) is 0 Å². The molecule has 0 aliphatic heterocycles. The van der Waals surface area contributed by atoms with Gasteiger partial charge in [0.15, 0.2) is 0 Å². The van der Waals surface area contributed by atoms with E-state index in [-0.39, 0.29) is 0 Å². The maximum Gasteiger partial charge on any atom is 0.254 e. The second-order valence-electron chi connectivity index (χ2n) is 4.46. The van der Waals surface area contributed by atoms with Gasteiger partial charge in [0.25, 0.3) is 6.57 Å². The molecule has 0 saturated carbocycles. The van der Waals surface area contributed by atoms with Crippen molar-refractivity contribution in [2.45, 2.75) is 58.3 Å². The van der Waals surface area contributed by atoms with Crippen LogP contribution in [0.5, 0.6) is 0 Å². The topological polar surface area (TPSA) is 52.3 Å². The van der Waals surface area contributed by atoms with E-state index in [9.17, 15) is 4.57 Å². The summed E-state index contributed by atoms with van der Waals surface area (Å²) in [5.41, 5.74) is 5.40. The Morgan fingerprint density at radius 3 is 2.35 bits per heavy atom. The molecule has 0 spiro atoms. The molecule has 1 unspecified atom stereocenters. The molecule has 0 bridgehead atoms. The van der Waals surface area contributed by atoms with E-state index in [2.05, 4.69) is 19.2 Å². The summed E-state index contributed by atoms with van der Waals surface area (Å²) >= 11 is 4.15. The number of hydrogen-bond donors (Lipinski definition) is 2. The maximum absolute atomic E-state index is 11.9. The molecule has 0 rings (SSSR count). The molecule has 104 valence electrons. The van der Waals surface area contributed by atoms with Crippen molar-refractivity contribution in [3.05, 3.63) is 0 Å². The number of hydrogen-bond acceptors (Lipinski definition) is 3. The van der Waals surface area contributed by atoms with Crippen molar-refractivity contribution in [3.8, 4) is 0 Å². The van der Waals surface area contributed by atoms with Crippen molar-refractivity contribution in [2.75, 3.05) is 19.3 Å². The zero-order chi connectivity index (χ0) is 13.0. The maximum atomic E-state index is 11.9. The summed E-state index contributed by atoms with van der Waals surface area (Å²) in [6.45, 7) is 0.868. The summed E-state index contributed by atoms with van der Waals surface area (Å²) < 4.78 is 17.3. The zero-order valence-corrected chi connectivity index (χ0v) is 12.9. The molecule has 0 saturated heterocycles.